The van der Waals surface area contributed by atoms with Gasteiger partial charge < -0.3 is 15.2 Å². The number of hydrogen-bond donors (Lipinski definition) is 2. The largest absolute Gasteiger partial charge is 0.450 e. The van der Waals surface area contributed by atoms with E-state index in [2.05, 4.69) is 5.32 Å². The van der Waals surface area contributed by atoms with Crippen molar-refractivity contribution in [2.24, 2.45) is 0 Å². The maximum atomic E-state index is 11.0. The van der Waals surface area contributed by atoms with Crippen LogP contribution in [0.4, 0.5) is 4.79 Å². The summed E-state index contributed by atoms with van der Waals surface area (Å²) in [6.07, 6.45) is 0.257. The molecule has 4 nitrogen and oxygen atoms in total. The van der Waals surface area contributed by atoms with Crippen LogP contribution < -0.4 is 5.32 Å². The van der Waals surface area contributed by atoms with Gasteiger partial charge in [-0.3, -0.25) is 0 Å². The zero-order valence-corrected chi connectivity index (χ0v) is 10.5. The van der Waals surface area contributed by atoms with Crippen LogP contribution >= 0.6 is 11.6 Å². The van der Waals surface area contributed by atoms with E-state index < -0.39 is 6.09 Å². The number of amides is 1. The lowest BCUT2D eigenvalue weighted by Crippen LogP contribution is -2.26. The summed E-state index contributed by atoms with van der Waals surface area (Å²) in [5, 5.41) is 12.2. The summed E-state index contributed by atoms with van der Waals surface area (Å²) in [5.41, 5.74) is 1.70. The molecule has 2 N–H and O–H groups in total. The van der Waals surface area contributed by atoms with Crippen LogP contribution in [-0.2, 0) is 17.8 Å². The molecule has 1 aromatic carbocycles. The number of ether oxygens (including phenoxy) is 1. The minimum Gasteiger partial charge on any atom is -0.450 e. The van der Waals surface area contributed by atoms with Crippen molar-refractivity contribution in [3.8, 4) is 0 Å². The highest BCUT2D eigenvalue weighted by molar-refractivity contribution is 6.31. The minimum atomic E-state index is -0.413. The fraction of sp³-hybridized carbons (Fsp3) is 0.417. The van der Waals surface area contributed by atoms with Gasteiger partial charge in [0.2, 0.25) is 0 Å². The summed E-state index contributed by atoms with van der Waals surface area (Å²) in [7, 11) is 0. The molecule has 0 atom stereocenters. The van der Waals surface area contributed by atoms with Gasteiger partial charge in [-0.25, -0.2) is 4.79 Å². The molecule has 5 heteroatoms. The van der Waals surface area contributed by atoms with E-state index in [4.69, 9.17) is 21.4 Å². The van der Waals surface area contributed by atoms with Gasteiger partial charge in [0.1, 0.15) is 0 Å². The van der Waals surface area contributed by atoms with E-state index in [1.54, 1.807) is 13.0 Å². The SMILES string of the molecule is CCOC(=O)NCCc1ccc(Cl)c(CO)c1. The molecule has 17 heavy (non-hydrogen) atoms. The molecule has 0 unspecified atom stereocenters. The van der Waals surface area contributed by atoms with E-state index in [0.717, 1.165) is 5.56 Å². The average molecular weight is 258 g/mol. The number of alkyl carbamates (subject to hydrolysis) is 1. The topological polar surface area (TPSA) is 58.6 Å². The summed E-state index contributed by atoms with van der Waals surface area (Å²) in [6.45, 7) is 2.52. The van der Waals surface area contributed by atoms with Crippen molar-refractivity contribution < 1.29 is 14.6 Å². The average Bonchev–Trinajstić information content (AvgIpc) is 2.31. The van der Waals surface area contributed by atoms with Crippen LogP contribution in [0.25, 0.3) is 0 Å². The third kappa shape index (κ3) is 4.63. The number of carbonyl (C=O) groups excluding carboxylic acids is 1. The third-order valence-electron chi connectivity index (χ3n) is 2.24. The van der Waals surface area contributed by atoms with Crippen LogP contribution in [0.2, 0.25) is 5.02 Å². The lowest BCUT2D eigenvalue weighted by molar-refractivity contribution is 0.152. The second kappa shape index (κ2) is 7.14. The predicted molar refractivity (Wildman–Crippen MR) is 66.1 cm³/mol. The lowest BCUT2D eigenvalue weighted by atomic mass is 10.1. The number of hydrogen-bond acceptors (Lipinski definition) is 3. The van der Waals surface area contributed by atoms with E-state index in [0.29, 0.717) is 30.2 Å². The van der Waals surface area contributed by atoms with Crippen LogP contribution in [0.5, 0.6) is 0 Å². The van der Waals surface area contributed by atoms with Gasteiger partial charge in [0.25, 0.3) is 0 Å². The Morgan fingerprint density at radius 1 is 1.53 bits per heavy atom. The quantitative estimate of drug-likeness (QED) is 0.850. The summed E-state index contributed by atoms with van der Waals surface area (Å²) in [4.78, 5) is 11.0. The first-order valence-electron chi connectivity index (χ1n) is 5.46. The normalized spacial score (nSPS) is 10.1. The molecule has 0 saturated carbocycles. The zero-order valence-electron chi connectivity index (χ0n) is 9.70. The number of aliphatic hydroxyl groups is 1. The molecule has 0 aliphatic carbocycles. The predicted octanol–water partition coefficient (Wildman–Crippen LogP) is 2.12. The number of aliphatic hydroxyl groups excluding tert-OH is 1. The second-order valence-corrected chi connectivity index (χ2v) is 3.89. The Kier molecular flexibility index (Phi) is 5.80. The molecule has 0 aliphatic rings. The fourth-order valence-electron chi connectivity index (χ4n) is 1.40. The van der Waals surface area contributed by atoms with Gasteiger partial charge in [-0.2, -0.15) is 0 Å². The molecule has 0 aromatic heterocycles. The smallest absolute Gasteiger partial charge is 0.407 e. The van der Waals surface area contributed by atoms with Gasteiger partial charge in [-0.05, 0) is 30.5 Å². The Morgan fingerprint density at radius 3 is 2.94 bits per heavy atom. The Bertz CT molecular complexity index is 382. The second-order valence-electron chi connectivity index (χ2n) is 3.48. The minimum absolute atomic E-state index is 0.0853. The van der Waals surface area contributed by atoms with Gasteiger partial charge >= 0.3 is 6.09 Å². The van der Waals surface area contributed by atoms with Crippen LogP contribution in [0.3, 0.4) is 0 Å². The van der Waals surface area contributed by atoms with Crippen molar-refractivity contribution >= 4 is 17.7 Å². The van der Waals surface area contributed by atoms with Crippen LogP contribution in [0.15, 0.2) is 18.2 Å². The summed E-state index contributed by atoms with van der Waals surface area (Å²) in [5.74, 6) is 0. The Hall–Kier alpha value is -1.26. The molecule has 1 amide bonds. The highest BCUT2D eigenvalue weighted by atomic mass is 35.5. The maximum absolute atomic E-state index is 11.0. The van der Waals surface area contributed by atoms with Crippen molar-refractivity contribution in [3.63, 3.8) is 0 Å². The summed E-state index contributed by atoms with van der Waals surface area (Å²) < 4.78 is 4.73. The molecule has 0 heterocycles. The first-order chi connectivity index (χ1) is 8.17. The van der Waals surface area contributed by atoms with Crippen molar-refractivity contribution in [2.45, 2.75) is 20.0 Å². The van der Waals surface area contributed by atoms with Gasteiger partial charge in [0.05, 0.1) is 13.2 Å². The molecule has 0 aliphatic heterocycles. The molecular formula is C12H16ClNO3. The molecule has 0 saturated heterocycles. The van der Waals surface area contributed by atoms with E-state index >= 15 is 0 Å². The molecule has 0 spiro atoms. The first kappa shape index (κ1) is 13.8. The Morgan fingerprint density at radius 2 is 2.29 bits per heavy atom. The van der Waals surface area contributed by atoms with Gasteiger partial charge in [0.15, 0.2) is 0 Å². The maximum Gasteiger partial charge on any atom is 0.407 e. The number of halogens is 1. The number of benzene rings is 1. The molecule has 0 bridgehead atoms. The van der Waals surface area contributed by atoms with Gasteiger partial charge in [-0.1, -0.05) is 23.7 Å². The highest BCUT2D eigenvalue weighted by Crippen LogP contribution is 2.17. The Balaban J connectivity index is 2.44. The summed E-state index contributed by atoms with van der Waals surface area (Å²) in [6, 6.07) is 5.44. The molecular weight excluding hydrogens is 242 g/mol. The number of rotatable bonds is 5. The van der Waals surface area contributed by atoms with Crippen molar-refractivity contribution in [1.82, 2.24) is 5.32 Å². The fourth-order valence-corrected chi connectivity index (χ4v) is 1.57. The van der Waals surface area contributed by atoms with E-state index in [-0.39, 0.29) is 6.61 Å². The monoisotopic (exact) mass is 257 g/mol. The van der Waals surface area contributed by atoms with E-state index in [1.165, 1.54) is 0 Å². The number of nitrogens with one attached hydrogen (secondary N) is 1. The van der Waals surface area contributed by atoms with Gasteiger partial charge in [0, 0.05) is 11.6 Å². The van der Waals surface area contributed by atoms with Gasteiger partial charge in [-0.15, -0.1) is 0 Å². The van der Waals surface area contributed by atoms with E-state index in [1.807, 2.05) is 12.1 Å². The van der Waals surface area contributed by atoms with Crippen molar-refractivity contribution in [1.29, 1.82) is 0 Å². The van der Waals surface area contributed by atoms with E-state index in [9.17, 15) is 4.79 Å². The van der Waals surface area contributed by atoms with Crippen LogP contribution in [-0.4, -0.2) is 24.4 Å². The van der Waals surface area contributed by atoms with Crippen molar-refractivity contribution in [2.75, 3.05) is 13.2 Å². The number of carbonyl (C=O) groups is 1. The van der Waals surface area contributed by atoms with Crippen LogP contribution in [0, 0.1) is 0 Å². The van der Waals surface area contributed by atoms with Crippen molar-refractivity contribution in [3.05, 3.63) is 34.3 Å². The molecule has 0 fully saturated rings. The lowest BCUT2D eigenvalue weighted by Gasteiger charge is -2.07. The third-order valence-corrected chi connectivity index (χ3v) is 2.61. The molecule has 0 radical (unpaired) electrons. The van der Waals surface area contributed by atoms with Crippen LogP contribution in [0.1, 0.15) is 18.1 Å². The molecule has 94 valence electrons. The first-order valence-corrected chi connectivity index (χ1v) is 5.84. The zero-order chi connectivity index (χ0) is 12.7. The summed E-state index contributed by atoms with van der Waals surface area (Å²) >= 11 is 5.87. The molecule has 1 aromatic rings. The Labute approximate surface area is 106 Å². The highest BCUT2D eigenvalue weighted by Gasteiger charge is 2.03. The standard InChI is InChI=1S/C12H16ClNO3/c1-2-17-12(16)14-6-5-9-3-4-11(13)10(7-9)8-15/h3-4,7,15H,2,5-6,8H2,1H3,(H,14,16). The molecule has 1 rings (SSSR count).